The van der Waals surface area contributed by atoms with Crippen molar-refractivity contribution in [2.24, 2.45) is 35.5 Å². The van der Waals surface area contributed by atoms with Crippen LogP contribution >= 0.6 is 0 Å². The van der Waals surface area contributed by atoms with Crippen molar-refractivity contribution >= 4 is 0 Å². The molecule has 0 amide bonds. The lowest BCUT2D eigenvalue weighted by atomic mass is 9.51. The third-order valence-corrected chi connectivity index (χ3v) is 5.50. The Balaban J connectivity index is 1.64. The molecule has 4 fully saturated rings. The molecule has 4 aliphatic rings. The molecule has 0 atom stereocenters. The zero-order valence-corrected chi connectivity index (χ0v) is 10.4. The van der Waals surface area contributed by atoms with Crippen LogP contribution in [0.15, 0.2) is 0 Å². The summed E-state index contributed by atoms with van der Waals surface area (Å²) in [7, 11) is 0. The second-order valence-electron chi connectivity index (χ2n) is 7.07. The Bertz CT molecular complexity index is 200. The minimum Gasteiger partial charge on any atom is -0.0628 e. The predicted molar refractivity (Wildman–Crippen MR) is 64.6 cm³/mol. The molecular weight excluding hydrogens is 180 g/mol. The SMILES string of the molecule is CC(C)CCC1C2CC3CC(C2)CC1C3. The van der Waals surface area contributed by atoms with Crippen LogP contribution in [0, 0.1) is 35.5 Å². The van der Waals surface area contributed by atoms with E-state index in [1.165, 1.54) is 6.42 Å². The van der Waals surface area contributed by atoms with Crippen LogP contribution in [0.2, 0.25) is 0 Å². The van der Waals surface area contributed by atoms with Crippen molar-refractivity contribution in [1.82, 2.24) is 0 Å². The minimum absolute atomic E-state index is 0.919. The molecule has 0 N–H and O–H groups in total. The van der Waals surface area contributed by atoms with Gasteiger partial charge in [-0.2, -0.15) is 0 Å². The van der Waals surface area contributed by atoms with E-state index in [2.05, 4.69) is 13.8 Å². The Morgan fingerprint density at radius 2 is 1.40 bits per heavy atom. The van der Waals surface area contributed by atoms with Gasteiger partial charge in [-0.15, -0.1) is 0 Å². The number of hydrogen-bond acceptors (Lipinski definition) is 0. The van der Waals surface area contributed by atoms with Crippen molar-refractivity contribution in [3.63, 3.8) is 0 Å². The van der Waals surface area contributed by atoms with E-state index in [4.69, 9.17) is 0 Å². The van der Waals surface area contributed by atoms with Crippen LogP contribution in [-0.4, -0.2) is 0 Å². The average molecular weight is 206 g/mol. The van der Waals surface area contributed by atoms with Crippen molar-refractivity contribution in [1.29, 1.82) is 0 Å². The fraction of sp³-hybridized carbons (Fsp3) is 1.00. The van der Waals surface area contributed by atoms with E-state index in [1.54, 1.807) is 38.5 Å². The van der Waals surface area contributed by atoms with Crippen LogP contribution in [0.4, 0.5) is 0 Å². The summed E-state index contributed by atoms with van der Waals surface area (Å²) in [6, 6.07) is 0. The monoisotopic (exact) mass is 206 g/mol. The molecule has 0 aromatic rings. The Hall–Kier alpha value is 0. The Morgan fingerprint density at radius 3 is 1.87 bits per heavy atom. The normalized spacial score (nSPS) is 47.8. The molecule has 0 aromatic heterocycles. The van der Waals surface area contributed by atoms with Crippen molar-refractivity contribution in [3.05, 3.63) is 0 Å². The minimum atomic E-state index is 0.919. The molecule has 0 spiro atoms. The van der Waals surface area contributed by atoms with Crippen LogP contribution in [-0.2, 0) is 0 Å². The molecule has 0 heteroatoms. The molecule has 0 heterocycles. The molecule has 4 rings (SSSR count). The van der Waals surface area contributed by atoms with Gasteiger partial charge in [0.15, 0.2) is 0 Å². The van der Waals surface area contributed by atoms with Crippen LogP contribution in [0.5, 0.6) is 0 Å². The van der Waals surface area contributed by atoms with E-state index in [-0.39, 0.29) is 0 Å². The number of rotatable bonds is 3. The summed E-state index contributed by atoms with van der Waals surface area (Å²) >= 11 is 0. The summed E-state index contributed by atoms with van der Waals surface area (Å²) < 4.78 is 0. The predicted octanol–water partition coefficient (Wildman–Crippen LogP) is 4.49. The topological polar surface area (TPSA) is 0 Å². The molecule has 86 valence electrons. The van der Waals surface area contributed by atoms with E-state index < -0.39 is 0 Å². The first-order valence-corrected chi connectivity index (χ1v) is 7.22. The number of hydrogen-bond donors (Lipinski definition) is 0. The Morgan fingerprint density at radius 1 is 0.867 bits per heavy atom. The lowest BCUT2D eigenvalue weighted by molar-refractivity contribution is -0.0413. The van der Waals surface area contributed by atoms with Crippen LogP contribution < -0.4 is 0 Å². The van der Waals surface area contributed by atoms with E-state index in [0.717, 1.165) is 35.5 Å². The molecule has 0 aliphatic heterocycles. The third-order valence-electron chi connectivity index (χ3n) is 5.50. The van der Waals surface area contributed by atoms with Crippen molar-refractivity contribution in [2.45, 2.75) is 58.8 Å². The maximum Gasteiger partial charge on any atom is -0.0357 e. The molecular formula is C15H26. The Labute approximate surface area is 94.8 Å². The summed E-state index contributed by atoms with van der Waals surface area (Å²) in [5.74, 6) is 6.67. The van der Waals surface area contributed by atoms with Gasteiger partial charge in [-0.05, 0) is 74.0 Å². The van der Waals surface area contributed by atoms with Gasteiger partial charge in [0.05, 0.1) is 0 Å². The second kappa shape index (κ2) is 3.79. The largest absolute Gasteiger partial charge is 0.0628 e. The first-order valence-electron chi connectivity index (χ1n) is 7.22. The molecule has 0 unspecified atom stereocenters. The average Bonchev–Trinajstić information content (AvgIpc) is 2.14. The molecule has 0 aromatic carbocycles. The van der Waals surface area contributed by atoms with E-state index in [9.17, 15) is 0 Å². The van der Waals surface area contributed by atoms with Crippen LogP contribution in [0.25, 0.3) is 0 Å². The summed E-state index contributed by atoms with van der Waals surface area (Å²) in [6.45, 7) is 4.77. The molecule has 4 saturated carbocycles. The van der Waals surface area contributed by atoms with E-state index in [1.807, 2.05) is 0 Å². The molecule has 0 radical (unpaired) electrons. The molecule has 0 nitrogen and oxygen atoms in total. The zero-order valence-electron chi connectivity index (χ0n) is 10.4. The van der Waals surface area contributed by atoms with Crippen molar-refractivity contribution in [3.8, 4) is 0 Å². The lowest BCUT2D eigenvalue weighted by Gasteiger charge is -2.54. The Kier molecular flexibility index (Phi) is 2.57. The second-order valence-corrected chi connectivity index (χ2v) is 7.07. The standard InChI is InChI=1S/C15H26/c1-10(2)3-4-15-13-6-11-5-12(8-13)9-14(15)7-11/h10-15H,3-9H2,1-2H3. The fourth-order valence-electron chi connectivity index (χ4n) is 5.04. The van der Waals surface area contributed by atoms with Gasteiger partial charge in [0.25, 0.3) is 0 Å². The highest BCUT2D eigenvalue weighted by Gasteiger charge is 2.47. The summed E-state index contributed by atoms with van der Waals surface area (Å²) in [4.78, 5) is 0. The molecule has 15 heavy (non-hydrogen) atoms. The first-order chi connectivity index (χ1) is 7.22. The van der Waals surface area contributed by atoms with Gasteiger partial charge >= 0.3 is 0 Å². The maximum atomic E-state index is 2.38. The first kappa shape index (κ1) is 10.2. The molecule has 4 bridgehead atoms. The highest BCUT2D eigenvalue weighted by atomic mass is 14.5. The smallest absolute Gasteiger partial charge is 0.0357 e. The third kappa shape index (κ3) is 1.85. The van der Waals surface area contributed by atoms with E-state index >= 15 is 0 Å². The van der Waals surface area contributed by atoms with Crippen LogP contribution in [0.1, 0.15) is 58.8 Å². The van der Waals surface area contributed by atoms with Gasteiger partial charge in [-0.3, -0.25) is 0 Å². The van der Waals surface area contributed by atoms with Gasteiger partial charge < -0.3 is 0 Å². The highest BCUT2D eigenvalue weighted by Crippen LogP contribution is 2.57. The van der Waals surface area contributed by atoms with Crippen LogP contribution in [0.3, 0.4) is 0 Å². The van der Waals surface area contributed by atoms with Gasteiger partial charge in [0.2, 0.25) is 0 Å². The highest BCUT2D eigenvalue weighted by molar-refractivity contribution is 4.97. The van der Waals surface area contributed by atoms with E-state index in [0.29, 0.717) is 0 Å². The van der Waals surface area contributed by atoms with Gasteiger partial charge in [0, 0.05) is 0 Å². The van der Waals surface area contributed by atoms with Gasteiger partial charge in [0.1, 0.15) is 0 Å². The molecule has 0 saturated heterocycles. The van der Waals surface area contributed by atoms with Crippen molar-refractivity contribution < 1.29 is 0 Å². The summed E-state index contributed by atoms with van der Waals surface area (Å²) in [5, 5.41) is 0. The summed E-state index contributed by atoms with van der Waals surface area (Å²) in [5.41, 5.74) is 0. The quantitative estimate of drug-likeness (QED) is 0.638. The van der Waals surface area contributed by atoms with Gasteiger partial charge in [-0.1, -0.05) is 20.3 Å². The molecule has 4 aliphatic carbocycles. The van der Waals surface area contributed by atoms with Crippen molar-refractivity contribution in [2.75, 3.05) is 0 Å². The lowest BCUT2D eigenvalue weighted by Crippen LogP contribution is -2.45. The fourth-order valence-corrected chi connectivity index (χ4v) is 5.04. The zero-order chi connectivity index (χ0) is 10.4. The van der Waals surface area contributed by atoms with Gasteiger partial charge in [-0.25, -0.2) is 0 Å². The summed E-state index contributed by atoms with van der Waals surface area (Å²) in [6.07, 6.45) is 11.1. The maximum absolute atomic E-state index is 2.38.